The number of aliphatic hydroxyl groups is 1. The van der Waals surface area contributed by atoms with Crippen molar-refractivity contribution in [1.29, 1.82) is 0 Å². The van der Waals surface area contributed by atoms with E-state index < -0.39 is 0 Å². The van der Waals surface area contributed by atoms with Gasteiger partial charge >= 0.3 is 0 Å². The number of hydrogen-bond donors (Lipinski definition) is 2. The molecular formula is C13H18ClNO2. The van der Waals surface area contributed by atoms with Crippen LogP contribution in [-0.4, -0.2) is 23.7 Å². The summed E-state index contributed by atoms with van der Waals surface area (Å²) in [5, 5.41) is 12.4. The van der Waals surface area contributed by atoms with Crippen molar-refractivity contribution in [3.05, 3.63) is 34.9 Å². The van der Waals surface area contributed by atoms with Crippen LogP contribution in [-0.2, 0) is 11.2 Å². The minimum atomic E-state index is -0.0779. The molecule has 1 aromatic rings. The number of halogens is 1. The highest BCUT2D eigenvalue weighted by Gasteiger charge is 2.14. The van der Waals surface area contributed by atoms with Crippen LogP contribution in [0.5, 0.6) is 0 Å². The van der Waals surface area contributed by atoms with Gasteiger partial charge in [0.05, 0.1) is 6.42 Å². The third-order valence-corrected chi connectivity index (χ3v) is 3.21. The van der Waals surface area contributed by atoms with Crippen molar-refractivity contribution in [3.63, 3.8) is 0 Å². The average molecular weight is 256 g/mol. The molecule has 0 fully saturated rings. The van der Waals surface area contributed by atoms with Crippen LogP contribution in [0.1, 0.15) is 19.4 Å². The minimum absolute atomic E-state index is 0.0463. The van der Waals surface area contributed by atoms with Crippen molar-refractivity contribution in [2.75, 3.05) is 6.61 Å². The normalized spacial score (nSPS) is 14.1. The van der Waals surface area contributed by atoms with Gasteiger partial charge in [0.15, 0.2) is 0 Å². The molecule has 0 heterocycles. The fourth-order valence-electron chi connectivity index (χ4n) is 1.42. The van der Waals surface area contributed by atoms with E-state index in [-0.39, 0.29) is 30.9 Å². The summed E-state index contributed by atoms with van der Waals surface area (Å²) in [6, 6.07) is 7.25. The number of amides is 1. The second-order valence-corrected chi connectivity index (χ2v) is 4.69. The van der Waals surface area contributed by atoms with Crippen LogP contribution < -0.4 is 5.32 Å². The number of hydrogen-bond acceptors (Lipinski definition) is 2. The lowest BCUT2D eigenvalue weighted by Gasteiger charge is -2.19. The van der Waals surface area contributed by atoms with Crippen LogP contribution in [0.25, 0.3) is 0 Å². The third-order valence-electron chi connectivity index (χ3n) is 2.84. The van der Waals surface area contributed by atoms with Gasteiger partial charge in [-0.25, -0.2) is 0 Å². The van der Waals surface area contributed by atoms with Crippen LogP contribution >= 0.6 is 11.6 Å². The molecule has 0 aliphatic heterocycles. The van der Waals surface area contributed by atoms with Crippen LogP contribution in [0.2, 0.25) is 5.02 Å². The number of carbonyl (C=O) groups is 1. The number of carbonyl (C=O) groups excluding carboxylic acids is 1. The van der Waals surface area contributed by atoms with Crippen molar-refractivity contribution in [2.24, 2.45) is 5.92 Å². The Balaban J connectivity index is 2.53. The molecule has 0 spiro atoms. The molecule has 3 nitrogen and oxygen atoms in total. The molecule has 0 aromatic heterocycles. The van der Waals surface area contributed by atoms with E-state index in [1.165, 1.54) is 0 Å². The van der Waals surface area contributed by atoms with Gasteiger partial charge < -0.3 is 10.4 Å². The second-order valence-electron chi connectivity index (χ2n) is 4.28. The Bertz CT molecular complexity index is 381. The van der Waals surface area contributed by atoms with E-state index in [0.717, 1.165) is 5.56 Å². The SMILES string of the molecule is CC(CO)C(C)NC(=O)Cc1ccccc1Cl. The van der Waals surface area contributed by atoms with Crippen molar-refractivity contribution in [3.8, 4) is 0 Å². The summed E-state index contributed by atoms with van der Waals surface area (Å²) in [5.41, 5.74) is 0.815. The smallest absolute Gasteiger partial charge is 0.224 e. The molecule has 0 bridgehead atoms. The van der Waals surface area contributed by atoms with Gasteiger partial charge in [-0.3, -0.25) is 4.79 Å². The Morgan fingerprint density at radius 2 is 2.06 bits per heavy atom. The van der Waals surface area contributed by atoms with E-state index in [0.29, 0.717) is 5.02 Å². The monoisotopic (exact) mass is 255 g/mol. The lowest BCUT2D eigenvalue weighted by Crippen LogP contribution is -2.39. The molecule has 1 amide bonds. The maximum atomic E-state index is 11.7. The standard InChI is InChI=1S/C13H18ClNO2/c1-9(8-16)10(2)15-13(17)7-11-5-3-4-6-12(11)14/h3-6,9-10,16H,7-8H2,1-2H3,(H,15,17). The quantitative estimate of drug-likeness (QED) is 0.846. The molecule has 2 atom stereocenters. The average Bonchev–Trinajstić information content (AvgIpc) is 2.31. The molecule has 0 saturated heterocycles. The molecule has 4 heteroatoms. The van der Waals surface area contributed by atoms with Crippen molar-refractivity contribution < 1.29 is 9.90 Å². The topological polar surface area (TPSA) is 49.3 Å². The molecule has 94 valence electrons. The maximum Gasteiger partial charge on any atom is 0.224 e. The van der Waals surface area contributed by atoms with Crippen molar-refractivity contribution >= 4 is 17.5 Å². The van der Waals surface area contributed by atoms with Gasteiger partial charge in [0.2, 0.25) is 5.91 Å². The highest BCUT2D eigenvalue weighted by Crippen LogP contribution is 2.15. The van der Waals surface area contributed by atoms with E-state index in [9.17, 15) is 4.79 Å². The lowest BCUT2D eigenvalue weighted by atomic mass is 10.0. The van der Waals surface area contributed by atoms with E-state index in [2.05, 4.69) is 5.32 Å². The first-order valence-electron chi connectivity index (χ1n) is 5.68. The Labute approximate surface area is 107 Å². The summed E-state index contributed by atoms with van der Waals surface area (Å²) in [7, 11) is 0. The largest absolute Gasteiger partial charge is 0.396 e. The van der Waals surface area contributed by atoms with Gasteiger partial charge in [-0.1, -0.05) is 36.7 Å². The summed E-state index contributed by atoms with van der Waals surface area (Å²) in [4.78, 5) is 11.7. The van der Waals surface area contributed by atoms with Gasteiger partial charge in [0, 0.05) is 17.7 Å². The van der Waals surface area contributed by atoms with Crippen molar-refractivity contribution in [1.82, 2.24) is 5.32 Å². The zero-order valence-electron chi connectivity index (χ0n) is 10.1. The lowest BCUT2D eigenvalue weighted by molar-refractivity contribution is -0.121. The molecule has 2 unspecified atom stereocenters. The predicted molar refractivity (Wildman–Crippen MR) is 69.0 cm³/mol. The van der Waals surface area contributed by atoms with Gasteiger partial charge in [-0.05, 0) is 24.5 Å². The summed E-state index contributed by atoms with van der Waals surface area (Å²) >= 11 is 5.97. The molecule has 1 aromatic carbocycles. The summed E-state index contributed by atoms with van der Waals surface area (Å²) in [5.74, 6) is -0.0314. The van der Waals surface area contributed by atoms with Gasteiger partial charge in [-0.15, -0.1) is 0 Å². The molecular weight excluding hydrogens is 238 g/mol. The number of rotatable bonds is 5. The first kappa shape index (κ1) is 14.0. The van der Waals surface area contributed by atoms with Crippen LogP contribution in [0.15, 0.2) is 24.3 Å². The molecule has 0 radical (unpaired) electrons. The molecule has 17 heavy (non-hydrogen) atoms. The Morgan fingerprint density at radius 3 is 2.65 bits per heavy atom. The predicted octanol–water partition coefficient (Wildman–Crippen LogP) is 2.02. The summed E-state index contributed by atoms with van der Waals surface area (Å²) < 4.78 is 0. The minimum Gasteiger partial charge on any atom is -0.396 e. The molecule has 0 aliphatic carbocycles. The Kier molecular flexibility index (Phi) is 5.45. The maximum absolute atomic E-state index is 11.7. The van der Waals surface area contributed by atoms with Crippen LogP contribution in [0.4, 0.5) is 0 Å². The zero-order valence-corrected chi connectivity index (χ0v) is 10.9. The molecule has 0 aliphatic rings. The highest BCUT2D eigenvalue weighted by molar-refractivity contribution is 6.31. The van der Waals surface area contributed by atoms with Gasteiger partial charge in [0.25, 0.3) is 0 Å². The summed E-state index contributed by atoms with van der Waals surface area (Å²) in [6.07, 6.45) is 0.266. The second kappa shape index (κ2) is 6.62. The van der Waals surface area contributed by atoms with E-state index in [1.807, 2.05) is 32.0 Å². The number of benzene rings is 1. The highest BCUT2D eigenvalue weighted by atomic mass is 35.5. The van der Waals surface area contributed by atoms with E-state index in [4.69, 9.17) is 16.7 Å². The number of aliphatic hydroxyl groups excluding tert-OH is 1. The Morgan fingerprint density at radius 1 is 1.41 bits per heavy atom. The van der Waals surface area contributed by atoms with Crippen LogP contribution in [0.3, 0.4) is 0 Å². The Hall–Kier alpha value is -1.06. The number of nitrogens with one attached hydrogen (secondary N) is 1. The summed E-state index contributed by atoms with van der Waals surface area (Å²) in [6.45, 7) is 3.83. The molecule has 1 rings (SSSR count). The third kappa shape index (κ3) is 4.36. The van der Waals surface area contributed by atoms with Crippen LogP contribution in [0, 0.1) is 5.92 Å². The van der Waals surface area contributed by atoms with E-state index in [1.54, 1.807) is 6.07 Å². The molecule has 2 N–H and O–H groups in total. The van der Waals surface area contributed by atoms with E-state index >= 15 is 0 Å². The fraction of sp³-hybridized carbons (Fsp3) is 0.462. The van der Waals surface area contributed by atoms with Crippen molar-refractivity contribution in [2.45, 2.75) is 26.3 Å². The zero-order chi connectivity index (χ0) is 12.8. The first-order valence-corrected chi connectivity index (χ1v) is 6.06. The van der Waals surface area contributed by atoms with Gasteiger partial charge in [-0.2, -0.15) is 0 Å². The molecule has 0 saturated carbocycles. The van der Waals surface area contributed by atoms with Gasteiger partial charge in [0.1, 0.15) is 0 Å². The fourth-order valence-corrected chi connectivity index (χ4v) is 1.62. The first-order chi connectivity index (χ1) is 8.04.